The predicted molar refractivity (Wildman–Crippen MR) is 57.1 cm³/mol. The minimum Gasteiger partial charge on any atom is -0.481 e. The lowest BCUT2D eigenvalue weighted by molar-refractivity contribution is -0.136. The third-order valence-corrected chi connectivity index (χ3v) is 1.92. The molecule has 1 amide bonds. The Morgan fingerprint density at radius 3 is 2.76 bits per heavy atom. The van der Waals surface area contributed by atoms with Gasteiger partial charge < -0.3 is 10.4 Å². The van der Waals surface area contributed by atoms with E-state index in [4.69, 9.17) is 5.11 Å². The van der Waals surface area contributed by atoms with E-state index in [1.54, 1.807) is 0 Å². The Balaban J connectivity index is 2.49. The average molecular weight is 241 g/mol. The van der Waals surface area contributed by atoms with Gasteiger partial charge in [0.1, 0.15) is 6.42 Å². The number of aliphatic carboxylic acids is 1. The van der Waals surface area contributed by atoms with Crippen molar-refractivity contribution >= 4 is 11.9 Å². The molecule has 0 atom stereocenters. The fourth-order valence-electron chi connectivity index (χ4n) is 1.26. The quantitative estimate of drug-likeness (QED) is 0.675. The van der Waals surface area contributed by atoms with Crippen LogP contribution in [0.25, 0.3) is 0 Å². The molecule has 0 radical (unpaired) electrons. The minimum atomic E-state index is -1.01. The Morgan fingerprint density at radius 1 is 1.47 bits per heavy atom. The van der Waals surface area contributed by atoms with E-state index in [0.29, 0.717) is 0 Å². The van der Waals surface area contributed by atoms with Crippen LogP contribution in [0.5, 0.6) is 0 Å². The molecule has 0 aliphatic rings. The summed E-state index contributed by atoms with van der Waals surface area (Å²) in [6, 6.07) is 0.0786. The molecule has 0 aromatic carbocycles. The lowest BCUT2D eigenvalue weighted by Gasteiger charge is -2.08. The van der Waals surface area contributed by atoms with E-state index in [-0.39, 0.29) is 37.2 Å². The minimum absolute atomic E-state index is 0.0786. The molecule has 0 saturated heterocycles. The number of carboxylic acids is 1. The van der Waals surface area contributed by atoms with Crippen molar-refractivity contribution in [1.29, 1.82) is 0 Å². The highest BCUT2D eigenvalue weighted by Crippen LogP contribution is 1.96. The van der Waals surface area contributed by atoms with E-state index in [9.17, 15) is 9.59 Å². The van der Waals surface area contributed by atoms with Gasteiger partial charge in [0, 0.05) is 12.5 Å². The third-order valence-electron chi connectivity index (χ3n) is 1.92. The van der Waals surface area contributed by atoms with E-state index >= 15 is 0 Å². The molecule has 1 aromatic heterocycles. The van der Waals surface area contributed by atoms with Crippen molar-refractivity contribution < 1.29 is 14.7 Å². The number of hydrogen-bond acceptors (Lipinski definition) is 5. The summed E-state index contributed by atoms with van der Waals surface area (Å²) < 4.78 is 1.33. The first-order valence-corrected chi connectivity index (χ1v) is 5.25. The fourth-order valence-corrected chi connectivity index (χ4v) is 1.26. The Bertz CT molecular complexity index is 401. The van der Waals surface area contributed by atoms with Crippen LogP contribution in [0.15, 0.2) is 0 Å². The van der Waals surface area contributed by atoms with Crippen molar-refractivity contribution in [3.05, 3.63) is 5.82 Å². The van der Waals surface area contributed by atoms with E-state index in [1.807, 2.05) is 13.8 Å². The normalized spacial score (nSPS) is 10.5. The number of aryl methyl sites for hydroxylation is 1. The molecule has 94 valence electrons. The highest BCUT2D eigenvalue weighted by molar-refractivity contribution is 5.76. The molecule has 8 nitrogen and oxygen atoms in total. The average Bonchev–Trinajstić information content (AvgIpc) is 2.60. The molecular formula is C9H15N5O3. The summed E-state index contributed by atoms with van der Waals surface area (Å²) in [5.74, 6) is -0.876. The highest BCUT2D eigenvalue weighted by Gasteiger charge is 2.11. The first-order chi connectivity index (χ1) is 7.99. The molecule has 2 N–H and O–H groups in total. The molecule has 0 aliphatic carbocycles. The molecule has 0 fully saturated rings. The number of carbonyl (C=O) groups is 2. The van der Waals surface area contributed by atoms with Gasteiger partial charge in [-0.2, -0.15) is 0 Å². The zero-order chi connectivity index (χ0) is 12.8. The molecule has 1 aromatic rings. The molecule has 8 heteroatoms. The van der Waals surface area contributed by atoms with Crippen LogP contribution in [0.2, 0.25) is 0 Å². The van der Waals surface area contributed by atoms with Gasteiger partial charge in [-0.05, 0) is 24.3 Å². The lowest BCUT2D eigenvalue weighted by Crippen LogP contribution is -2.31. The van der Waals surface area contributed by atoms with Gasteiger partial charge >= 0.3 is 5.97 Å². The van der Waals surface area contributed by atoms with E-state index < -0.39 is 5.97 Å². The van der Waals surface area contributed by atoms with Gasteiger partial charge in [-0.25, -0.2) is 4.68 Å². The number of tetrazole rings is 1. The number of nitrogens with zero attached hydrogens (tertiary/aromatic N) is 4. The predicted octanol–water partition coefficient (Wildman–Crippen LogP) is -0.785. The van der Waals surface area contributed by atoms with Crippen molar-refractivity contribution in [2.24, 2.45) is 0 Å². The second-order valence-electron chi connectivity index (χ2n) is 3.86. The smallest absolute Gasteiger partial charge is 0.311 e. The van der Waals surface area contributed by atoms with Gasteiger partial charge in [-0.15, -0.1) is 5.10 Å². The standard InChI is InChI=1S/C9H15N5O3/c1-6(2)10-8(15)3-4-14-7(5-9(16)17)11-12-13-14/h6H,3-5H2,1-2H3,(H,10,15)(H,16,17). The highest BCUT2D eigenvalue weighted by atomic mass is 16.4. The second kappa shape index (κ2) is 5.92. The number of amides is 1. The molecular weight excluding hydrogens is 226 g/mol. The summed E-state index contributed by atoms with van der Waals surface area (Å²) in [7, 11) is 0. The van der Waals surface area contributed by atoms with Crippen molar-refractivity contribution in [3.8, 4) is 0 Å². The van der Waals surface area contributed by atoms with Gasteiger partial charge in [0.25, 0.3) is 0 Å². The monoisotopic (exact) mass is 241 g/mol. The Labute approximate surface area is 98.0 Å². The number of nitrogens with one attached hydrogen (secondary N) is 1. The maximum absolute atomic E-state index is 11.4. The summed E-state index contributed by atoms with van der Waals surface area (Å²) in [5, 5.41) is 21.9. The van der Waals surface area contributed by atoms with Crippen LogP contribution in [0.1, 0.15) is 26.1 Å². The van der Waals surface area contributed by atoms with Crippen LogP contribution >= 0.6 is 0 Å². The molecule has 0 saturated carbocycles. The van der Waals surface area contributed by atoms with Crippen molar-refractivity contribution in [2.45, 2.75) is 39.3 Å². The largest absolute Gasteiger partial charge is 0.481 e. The lowest BCUT2D eigenvalue weighted by atomic mass is 10.3. The topological polar surface area (TPSA) is 110 Å². The number of rotatable bonds is 6. The van der Waals surface area contributed by atoms with Crippen molar-refractivity contribution in [3.63, 3.8) is 0 Å². The summed E-state index contributed by atoms with van der Waals surface area (Å²) in [6.07, 6.45) is -0.0331. The summed E-state index contributed by atoms with van der Waals surface area (Å²) in [6.45, 7) is 4.00. The van der Waals surface area contributed by atoms with Crippen molar-refractivity contribution in [1.82, 2.24) is 25.5 Å². The Kier molecular flexibility index (Phi) is 4.56. The third kappa shape index (κ3) is 4.58. The Hall–Kier alpha value is -1.99. The molecule has 1 heterocycles. The van der Waals surface area contributed by atoms with E-state index in [1.165, 1.54) is 4.68 Å². The van der Waals surface area contributed by atoms with Gasteiger partial charge in [-0.1, -0.05) is 0 Å². The van der Waals surface area contributed by atoms with Crippen LogP contribution in [0.4, 0.5) is 0 Å². The molecule has 17 heavy (non-hydrogen) atoms. The summed E-state index contributed by atoms with van der Waals surface area (Å²) in [4.78, 5) is 21.9. The van der Waals surface area contributed by atoms with Gasteiger partial charge in [0.15, 0.2) is 5.82 Å². The molecule has 0 unspecified atom stereocenters. The number of carboxylic acid groups (broad SMARTS) is 1. The maximum atomic E-state index is 11.4. The van der Waals surface area contributed by atoms with Crippen LogP contribution < -0.4 is 5.32 Å². The van der Waals surface area contributed by atoms with E-state index in [0.717, 1.165) is 0 Å². The fraction of sp³-hybridized carbons (Fsp3) is 0.667. The van der Waals surface area contributed by atoms with E-state index in [2.05, 4.69) is 20.8 Å². The van der Waals surface area contributed by atoms with Crippen LogP contribution in [0.3, 0.4) is 0 Å². The Morgan fingerprint density at radius 2 is 2.18 bits per heavy atom. The zero-order valence-electron chi connectivity index (χ0n) is 9.75. The number of aromatic nitrogens is 4. The number of hydrogen-bond donors (Lipinski definition) is 2. The maximum Gasteiger partial charge on any atom is 0.311 e. The molecule has 0 bridgehead atoms. The van der Waals surface area contributed by atoms with Crippen molar-refractivity contribution in [2.75, 3.05) is 0 Å². The van der Waals surface area contributed by atoms with Crippen LogP contribution in [0, 0.1) is 0 Å². The van der Waals surface area contributed by atoms with Gasteiger partial charge in [0.05, 0.1) is 6.54 Å². The van der Waals surface area contributed by atoms with Gasteiger partial charge in [-0.3, -0.25) is 9.59 Å². The van der Waals surface area contributed by atoms with Crippen LogP contribution in [-0.2, 0) is 22.6 Å². The SMILES string of the molecule is CC(C)NC(=O)CCn1nnnc1CC(=O)O. The molecule has 1 rings (SSSR count). The second-order valence-corrected chi connectivity index (χ2v) is 3.86. The van der Waals surface area contributed by atoms with Crippen LogP contribution in [-0.4, -0.2) is 43.2 Å². The molecule has 0 aliphatic heterocycles. The van der Waals surface area contributed by atoms with Gasteiger partial charge in [0.2, 0.25) is 5.91 Å². The number of carbonyl (C=O) groups excluding carboxylic acids is 1. The first-order valence-electron chi connectivity index (χ1n) is 5.25. The summed E-state index contributed by atoms with van der Waals surface area (Å²) >= 11 is 0. The summed E-state index contributed by atoms with van der Waals surface area (Å²) in [5.41, 5.74) is 0. The molecule has 0 spiro atoms. The first kappa shape index (κ1) is 13.1. The zero-order valence-corrected chi connectivity index (χ0v) is 9.75.